The minimum Gasteiger partial charge on any atom is -0.366 e. The summed E-state index contributed by atoms with van der Waals surface area (Å²) in [5, 5.41) is 0. The fraction of sp³-hybridized carbons (Fsp3) is 0.556. The Morgan fingerprint density at radius 1 is 1.26 bits per heavy atom. The van der Waals surface area contributed by atoms with Crippen LogP contribution in [0.3, 0.4) is 0 Å². The van der Waals surface area contributed by atoms with E-state index in [2.05, 4.69) is 0 Å². The van der Waals surface area contributed by atoms with Crippen molar-refractivity contribution in [2.75, 3.05) is 13.3 Å². The number of nitrogens with zero attached hydrogens (tertiary/aromatic N) is 2. The first-order valence-electron chi connectivity index (χ1n) is 8.83. The topological polar surface area (TPSA) is 101 Å². The van der Waals surface area contributed by atoms with Crippen LogP contribution < -0.4 is 5.73 Å². The Bertz CT molecular complexity index is 807. The second kappa shape index (κ2) is 9.03. The number of primary amides is 1. The number of rotatable bonds is 8. The standard InChI is InChI=1S/C18H27N3O4S.ClH/c1-5-8-12(9-6-2)21-17(20(3)26(4,24)25)15-13(16(19)22)10-7-11-14(15)18(21)23;/h7,10-12,17H,5-6,8-9H2,1-4H3,(H2,19,22);1H. The zero-order valence-electron chi connectivity index (χ0n) is 16.1. The summed E-state index contributed by atoms with van der Waals surface area (Å²) < 4.78 is 25.7. The van der Waals surface area contributed by atoms with E-state index in [0.717, 1.165) is 36.2 Å². The Labute approximate surface area is 167 Å². The number of amides is 2. The molecular weight excluding hydrogens is 390 g/mol. The molecule has 0 radical (unpaired) electrons. The van der Waals surface area contributed by atoms with E-state index >= 15 is 0 Å². The van der Waals surface area contributed by atoms with Gasteiger partial charge in [-0.05, 0) is 25.0 Å². The van der Waals surface area contributed by atoms with Gasteiger partial charge in [-0.2, -0.15) is 4.31 Å². The normalized spacial score (nSPS) is 16.6. The van der Waals surface area contributed by atoms with Crippen molar-refractivity contribution >= 4 is 34.2 Å². The number of halogens is 1. The van der Waals surface area contributed by atoms with E-state index in [-0.39, 0.29) is 29.9 Å². The maximum absolute atomic E-state index is 13.2. The molecule has 1 aromatic carbocycles. The minimum atomic E-state index is -3.60. The fourth-order valence-corrected chi connectivity index (χ4v) is 4.20. The van der Waals surface area contributed by atoms with Crippen LogP contribution in [-0.2, 0) is 10.0 Å². The Balaban J connectivity index is 0.00000364. The summed E-state index contributed by atoms with van der Waals surface area (Å²) >= 11 is 0. The van der Waals surface area contributed by atoms with Crippen molar-refractivity contribution in [3.8, 4) is 0 Å². The van der Waals surface area contributed by atoms with Gasteiger partial charge >= 0.3 is 0 Å². The van der Waals surface area contributed by atoms with Crippen LogP contribution in [0, 0.1) is 0 Å². The molecule has 1 unspecified atom stereocenters. The monoisotopic (exact) mass is 417 g/mol. The number of hydrogen-bond acceptors (Lipinski definition) is 4. The molecule has 1 atom stereocenters. The van der Waals surface area contributed by atoms with Crippen molar-refractivity contribution < 1.29 is 18.0 Å². The predicted octanol–water partition coefficient (Wildman–Crippen LogP) is 2.52. The van der Waals surface area contributed by atoms with Gasteiger partial charge in [0.2, 0.25) is 15.9 Å². The summed E-state index contributed by atoms with van der Waals surface area (Å²) in [4.78, 5) is 26.7. The molecule has 0 spiro atoms. The Morgan fingerprint density at radius 3 is 2.26 bits per heavy atom. The fourth-order valence-electron chi connectivity index (χ4n) is 3.63. The van der Waals surface area contributed by atoms with Gasteiger partial charge in [0.05, 0.1) is 6.26 Å². The molecule has 27 heavy (non-hydrogen) atoms. The Hall–Kier alpha value is -1.64. The minimum absolute atomic E-state index is 0. The predicted molar refractivity (Wildman–Crippen MR) is 107 cm³/mol. The van der Waals surface area contributed by atoms with Crippen LogP contribution >= 0.6 is 12.4 Å². The molecule has 0 saturated carbocycles. The van der Waals surface area contributed by atoms with E-state index in [9.17, 15) is 18.0 Å². The highest BCUT2D eigenvalue weighted by molar-refractivity contribution is 7.88. The summed E-state index contributed by atoms with van der Waals surface area (Å²) in [5.41, 5.74) is 6.42. The molecule has 2 amide bonds. The molecule has 1 heterocycles. The summed E-state index contributed by atoms with van der Waals surface area (Å²) in [6.07, 6.45) is 3.47. The van der Waals surface area contributed by atoms with Crippen molar-refractivity contribution in [2.45, 2.75) is 51.7 Å². The quantitative estimate of drug-likeness (QED) is 0.702. The lowest BCUT2D eigenvalue weighted by molar-refractivity contribution is 0.0444. The third-order valence-corrected chi connectivity index (χ3v) is 6.11. The van der Waals surface area contributed by atoms with Crippen LogP contribution in [0.25, 0.3) is 0 Å². The van der Waals surface area contributed by atoms with Gasteiger partial charge in [-0.3, -0.25) is 9.59 Å². The summed E-state index contributed by atoms with van der Waals surface area (Å²) in [6.45, 7) is 4.06. The Morgan fingerprint density at radius 2 is 1.81 bits per heavy atom. The molecule has 152 valence electrons. The zero-order valence-corrected chi connectivity index (χ0v) is 17.8. The molecule has 9 heteroatoms. The molecule has 2 rings (SSSR count). The van der Waals surface area contributed by atoms with Gasteiger partial charge in [0, 0.05) is 29.8 Å². The van der Waals surface area contributed by atoms with E-state index in [0.29, 0.717) is 11.1 Å². The van der Waals surface area contributed by atoms with Crippen LogP contribution in [0.15, 0.2) is 18.2 Å². The number of fused-ring (bicyclic) bond motifs is 1. The van der Waals surface area contributed by atoms with Crippen molar-refractivity contribution in [1.82, 2.24) is 9.21 Å². The SMILES string of the molecule is CCCC(CCC)N1C(=O)c2cccc(C(N)=O)c2C1N(C)S(C)(=O)=O.Cl. The zero-order chi connectivity index (χ0) is 19.6. The maximum atomic E-state index is 13.2. The lowest BCUT2D eigenvalue weighted by Crippen LogP contribution is -2.46. The molecule has 0 saturated heterocycles. The third-order valence-electron chi connectivity index (χ3n) is 4.86. The molecule has 1 aliphatic rings. The first kappa shape index (κ1) is 23.4. The molecule has 7 nitrogen and oxygen atoms in total. The summed E-state index contributed by atoms with van der Waals surface area (Å²) in [7, 11) is -2.17. The molecule has 0 aromatic heterocycles. The molecule has 0 aliphatic carbocycles. The number of sulfonamides is 1. The van der Waals surface area contributed by atoms with E-state index < -0.39 is 22.1 Å². The van der Waals surface area contributed by atoms with Crippen molar-refractivity contribution in [2.24, 2.45) is 5.73 Å². The van der Waals surface area contributed by atoms with Crippen LogP contribution in [0.4, 0.5) is 0 Å². The lowest BCUT2D eigenvalue weighted by atomic mass is 10.0. The lowest BCUT2D eigenvalue weighted by Gasteiger charge is -2.37. The smallest absolute Gasteiger partial charge is 0.256 e. The van der Waals surface area contributed by atoms with E-state index in [1.807, 2.05) is 13.8 Å². The first-order valence-corrected chi connectivity index (χ1v) is 10.7. The van der Waals surface area contributed by atoms with Crippen LogP contribution in [0.5, 0.6) is 0 Å². The molecule has 2 N–H and O–H groups in total. The number of hydrogen-bond donors (Lipinski definition) is 1. The highest BCUT2D eigenvalue weighted by Crippen LogP contribution is 2.41. The highest BCUT2D eigenvalue weighted by Gasteiger charge is 2.46. The second-order valence-corrected chi connectivity index (χ2v) is 8.77. The Kier molecular flexibility index (Phi) is 7.83. The van der Waals surface area contributed by atoms with E-state index in [1.165, 1.54) is 13.1 Å². The van der Waals surface area contributed by atoms with Gasteiger partial charge in [0.1, 0.15) is 6.17 Å². The number of benzene rings is 1. The van der Waals surface area contributed by atoms with E-state index in [1.54, 1.807) is 17.0 Å². The molecule has 1 aromatic rings. The van der Waals surface area contributed by atoms with Crippen LogP contribution in [0.1, 0.15) is 72.0 Å². The van der Waals surface area contributed by atoms with Crippen molar-refractivity contribution in [3.05, 3.63) is 34.9 Å². The second-order valence-electron chi connectivity index (χ2n) is 6.73. The van der Waals surface area contributed by atoms with Crippen molar-refractivity contribution in [3.63, 3.8) is 0 Å². The largest absolute Gasteiger partial charge is 0.366 e. The van der Waals surface area contributed by atoms with Crippen LogP contribution in [-0.4, -0.2) is 48.8 Å². The number of nitrogens with two attached hydrogens (primary N) is 1. The van der Waals surface area contributed by atoms with Gasteiger partial charge in [0.15, 0.2) is 0 Å². The summed E-state index contributed by atoms with van der Waals surface area (Å²) in [6, 6.07) is 4.66. The van der Waals surface area contributed by atoms with Gasteiger partial charge in [-0.1, -0.05) is 32.8 Å². The van der Waals surface area contributed by atoms with Crippen molar-refractivity contribution in [1.29, 1.82) is 0 Å². The number of carbonyl (C=O) groups excluding carboxylic acids is 2. The van der Waals surface area contributed by atoms with Gasteiger partial charge in [-0.25, -0.2) is 8.42 Å². The van der Waals surface area contributed by atoms with E-state index in [4.69, 9.17) is 5.73 Å². The van der Waals surface area contributed by atoms with Gasteiger partial charge in [-0.15, -0.1) is 12.4 Å². The number of carbonyl (C=O) groups is 2. The first-order chi connectivity index (χ1) is 12.1. The summed E-state index contributed by atoms with van der Waals surface area (Å²) in [5.74, 6) is -0.929. The average Bonchev–Trinajstić information content (AvgIpc) is 2.85. The molecule has 0 bridgehead atoms. The molecule has 0 fully saturated rings. The third kappa shape index (κ3) is 4.44. The highest BCUT2D eigenvalue weighted by atomic mass is 35.5. The average molecular weight is 418 g/mol. The molecular formula is C18H28ClN3O4S. The van der Waals surface area contributed by atoms with Gasteiger partial charge < -0.3 is 10.6 Å². The maximum Gasteiger partial charge on any atom is 0.256 e. The van der Waals surface area contributed by atoms with Crippen LogP contribution in [0.2, 0.25) is 0 Å². The van der Waals surface area contributed by atoms with Gasteiger partial charge in [0.25, 0.3) is 5.91 Å². The molecule has 1 aliphatic heterocycles.